The first-order chi connectivity index (χ1) is 13.2. The highest BCUT2D eigenvalue weighted by Crippen LogP contribution is 2.57. The normalized spacial score (nSPS) is 13.8. The van der Waals surface area contributed by atoms with Gasteiger partial charge in [-0.3, -0.25) is 0 Å². The Morgan fingerprint density at radius 2 is 0.963 bits per heavy atom. The zero-order valence-corrected chi connectivity index (χ0v) is 14.6. The van der Waals surface area contributed by atoms with Crippen LogP contribution in [0.25, 0.3) is 11.1 Å². The van der Waals surface area contributed by atoms with Gasteiger partial charge in [0.1, 0.15) is 11.5 Å². The maximum atomic E-state index is 10.9. The SMILES string of the molecule is Oc1ccc(C2(c3ccccc3O)c3ccccc3-c3ccccc32)cc1. The molecule has 1 aliphatic carbocycles. The van der Waals surface area contributed by atoms with Gasteiger partial charge in [-0.2, -0.15) is 0 Å². The molecule has 0 heterocycles. The lowest BCUT2D eigenvalue weighted by Gasteiger charge is -2.34. The third kappa shape index (κ3) is 2.07. The number of phenolic OH excluding ortho intramolecular Hbond substituents is 2. The Balaban J connectivity index is 1.98. The van der Waals surface area contributed by atoms with Gasteiger partial charge in [-0.25, -0.2) is 0 Å². The molecule has 0 bridgehead atoms. The lowest BCUT2D eigenvalue weighted by molar-refractivity contribution is 0.461. The van der Waals surface area contributed by atoms with E-state index in [9.17, 15) is 10.2 Å². The smallest absolute Gasteiger partial charge is 0.120 e. The van der Waals surface area contributed by atoms with Crippen molar-refractivity contribution in [3.05, 3.63) is 119 Å². The van der Waals surface area contributed by atoms with Crippen LogP contribution in [0.3, 0.4) is 0 Å². The molecule has 2 nitrogen and oxygen atoms in total. The maximum absolute atomic E-state index is 10.9. The first kappa shape index (κ1) is 15.7. The molecule has 2 heteroatoms. The lowest BCUT2D eigenvalue weighted by atomic mass is 9.67. The highest BCUT2D eigenvalue weighted by atomic mass is 16.3. The van der Waals surface area contributed by atoms with E-state index >= 15 is 0 Å². The fourth-order valence-corrected chi connectivity index (χ4v) is 4.49. The molecule has 0 saturated carbocycles. The van der Waals surface area contributed by atoms with E-state index in [-0.39, 0.29) is 11.5 Å². The van der Waals surface area contributed by atoms with Gasteiger partial charge < -0.3 is 10.2 Å². The van der Waals surface area contributed by atoms with Crippen molar-refractivity contribution in [2.75, 3.05) is 0 Å². The minimum atomic E-state index is -0.633. The van der Waals surface area contributed by atoms with Gasteiger partial charge in [-0.1, -0.05) is 78.9 Å². The van der Waals surface area contributed by atoms with Crippen molar-refractivity contribution in [2.45, 2.75) is 5.41 Å². The van der Waals surface area contributed by atoms with Crippen LogP contribution in [0.4, 0.5) is 0 Å². The molecule has 0 fully saturated rings. The molecule has 130 valence electrons. The number of aromatic hydroxyl groups is 2. The quantitative estimate of drug-likeness (QED) is 0.444. The summed E-state index contributed by atoms with van der Waals surface area (Å²) in [7, 11) is 0. The number of hydrogen-bond donors (Lipinski definition) is 2. The minimum Gasteiger partial charge on any atom is -0.508 e. The molecular weight excluding hydrogens is 332 g/mol. The Hall–Kier alpha value is -3.52. The Morgan fingerprint density at radius 3 is 1.52 bits per heavy atom. The highest BCUT2D eigenvalue weighted by Gasteiger charge is 2.47. The summed E-state index contributed by atoms with van der Waals surface area (Å²) in [4.78, 5) is 0. The van der Waals surface area contributed by atoms with Crippen LogP contribution in [0.2, 0.25) is 0 Å². The second-order valence-electron chi connectivity index (χ2n) is 6.91. The largest absolute Gasteiger partial charge is 0.508 e. The van der Waals surface area contributed by atoms with Crippen LogP contribution < -0.4 is 0 Å². The van der Waals surface area contributed by atoms with Crippen molar-refractivity contribution in [3.63, 3.8) is 0 Å². The molecule has 2 N–H and O–H groups in total. The summed E-state index contributed by atoms with van der Waals surface area (Å²) in [5.41, 5.74) is 5.84. The molecule has 4 aromatic carbocycles. The van der Waals surface area contributed by atoms with Crippen LogP contribution in [-0.2, 0) is 5.41 Å². The van der Waals surface area contributed by atoms with Crippen LogP contribution in [0.5, 0.6) is 11.5 Å². The van der Waals surface area contributed by atoms with Crippen LogP contribution in [0, 0.1) is 0 Å². The second-order valence-corrected chi connectivity index (χ2v) is 6.91. The molecule has 0 saturated heterocycles. The predicted octanol–water partition coefficient (Wildman–Crippen LogP) is 5.46. The van der Waals surface area contributed by atoms with Crippen molar-refractivity contribution in [1.82, 2.24) is 0 Å². The van der Waals surface area contributed by atoms with Crippen LogP contribution >= 0.6 is 0 Å². The molecule has 0 amide bonds. The average molecular weight is 350 g/mol. The molecule has 0 aliphatic heterocycles. The summed E-state index contributed by atoms with van der Waals surface area (Å²) in [6.45, 7) is 0. The Morgan fingerprint density at radius 1 is 0.481 bits per heavy atom. The third-order valence-corrected chi connectivity index (χ3v) is 5.56. The van der Waals surface area contributed by atoms with Crippen LogP contribution in [0.15, 0.2) is 97.1 Å². The van der Waals surface area contributed by atoms with Gasteiger partial charge in [-0.15, -0.1) is 0 Å². The standard InChI is InChI=1S/C25H18O2/c26-18-15-13-17(14-16-18)25(23-11-5-6-12-24(23)27)21-9-3-1-7-19(21)20-8-2-4-10-22(20)25/h1-16,26-27H. The molecule has 4 aromatic rings. The van der Waals surface area contributed by atoms with E-state index < -0.39 is 5.41 Å². The van der Waals surface area contributed by atoms with E-state index in [1.54, 1.807) is 18.2 Å². The lowest BCUT2D eigenvalue weighted by Crippen LogP contribution is -2.28. The summed E-state index contributed by atoms with van der Waals surface area (Å²) >= 11 is 0. The van der Waals surface area contributed by atoms with Crippen molar-refractivity contribution in [3.8, 4) is 22.6 Å². The topological polar surface area (TPSA) is 40.5 Å². The molecular formula is C25H18O2. The number of phenols is 2. The van der Waals surface area contributed by atoms with Gasteiger partial charge in [0.2, 0.25) is 0 Å². The van der Waals surface area contributed by atoms with Gasteiger partial charge in [0.25, 0.3) is 0 Å². The van der Waals surface area contributed by atoms with Gasteiger partial charge in [0, 0.05) is 5.56 Å². The predicted molar refractivity (Wildman–Crippen MR) is 107 cm³/mol. The van der Waals surface area contributed by atoms with Crippen LogP contribution in [-0.4, -0.2) is 10.2 Å². The first-order valence-corrected chi connectivity index (χ1v) is 9.00. The zero-order valence-electron chi connectivity index (χ0n) is 14.6. The van der Waals surface area contributed by atoms with Gasteiger partial charge in [0.05, 0.1) is 5.41 Å². The summed E-state index contributed by atoms with van der Waals surface area (Å²) in [5.74, 6) is 0.489. The van der Waals surface area contributed by atoms with Crippen LogP contribution in [0.1, 0.15) is 22.3 Å². The number of hydrogen-bond acceptors (Lipinski definition) is 2. The Bertz CT molecular complexity index is 1100. The van der Waals surface area contributed by atoms with Gasteiger partial charge in [-0.05, 0) is 46.0 Å². The highest BCUT2D eigenvalue weighted by molar-refractivity contribution is 5.86. The van der Waals surface area contributed by atoms with E-state index in [4.69, 9.17) is 0 Å². The fourth-order valence-electron chi connectivity index (χ4n) is 4.49. The van der Waals surface area contributed by atoms with E-state index in [0.717, 1.165) is 22.3 Å². The number of fused-ring (bicyclic) bond motifs is 3. The zero-order chi connectivity index (χ0) is 18.4. The molecule has 27 heavy (non-hydrogen) atoms. The molecule has 1 aliphatic rings. The molecule has 0 spiro atoms. The van der Waals surface area contributed by atoms with Crippen molar-refractivity contribution < 1.29 is 10.2 Å². The summed E-state index contributed by atoms with van der Waals surface area (Å²) in [6, 6.07) is 31.6. The van der Waals surface area contributed by atoms with E-state index in [0.29, 0.717) is 0 Å². The minimum absolute atomic E-state index is 0.228. The Labute approximate surface area is 158 Å². The van der Waals surface area contributed by atoms with Gasteiger partial charge >= 0.3 is 0 Å². The molecule has 0 unspecified atom stereocenters. The molecule has 0 radical (unpaired) electrons. The van der Waals surface area contributed by atoms with E-state index in [1.807, 2.05) is 54.6 Å². The maximum Gasteiger partial charge on any atom is 0.120 e. The fraction of sp³-hybridized carbons (Fsp3) is 0.0400. The van der Waals surface area contributed by atoms with Crippen molar-refractivity contribution in [1.29, 1.82) is 0 Å². The summed E-state index contributed by atoms with van der Waals surface area (Å²) < 4.78 is 0. The third-order valence-electron chi connectivity index (χ3n) is 5.56. The monoisotopic (exact) mass is 350 g/mol. The second kappa shape index (κ2) is 5.75. The summed E-state index contributed by atoms with van der Waals surface area (Å²) in [6.07, 6.45) is 0. The number of rotatable bonds is 2. The molecule has 0 aromatic heterocycles. The van der Waals surface area contributed by atoms with E-state index in [2.05, 4.69) is 24.3 Å². The van der Waals surface area contributed by atoms with Crippen molar-refractivity contribution >= 4 is 0 Å². The van der Waals surface area contributed by atoms with Gasteiger partial charge in [0.15, 0.2) is 0 Å². The molecule has 0 atom stereocenters. The summed E-state index contributed by atoms with van der Waals surface area (Å²) in [5, 5.41) is 20.7. The number of benzene rings is 4. The molecule has 5 rings (SSSR count). The van der Waals surface area contributed by atoms with E-state index in [1.165, 1.54) is 11.1 Å². The first-order valence-electron chi connectivity index (χ1n) is 9.00. The average Bonchev–Trinajstić information content (AvgIpc) is 3.01. The Kier molecular flexibility index (Phi) is 3.34. The number of para-hydroxylation sites is 1. The van der Waals surface area contributed by atoms with Crippen molar-refractivity contribution in [2.24, 2.45) is 0 Å².